The van der Waals surface area contributed by atoms with Gasteiger partial charge in [0.2, 0.25) is 0 Å². The van der Waals surface area contributed by atoms with E-state index in [0.29, 0.717) is 5.02 Å². The van der Waals surface area contributed by atoms with Crippen LogP contribution in [0.15, 0.2) is 36.5 Å². The zero-order valence-corrected chi connectivity index (χ0v) is 13.1. The number of hydrogen-bond donors (Lipinski definition) is 1. The van der Waals surface area contributed by atoms with E-state index in [1.165, 1.54) is 36.5 Å². The van der Waals surface area contributed by atoms with Crippen LogP contribution in [0.5, 0.6) is 0 Å². The molecule has 0 aliphatic rings. The summed E-state index contributed by atoms with van der Waals surface area (Å²) in [6.45, 7) is -0.515. The number of hydrogen-bond acceptors (Lipinski definition) is 5. The van der Waals surface area contributed by atoms with Crippen LogP contribution in [0.1, 0.15) is 15.9 Å². The lowest BCUT2D eigenvalue weighted by Gasteiger charge is -2.08. The molecule has 0 aliphatic heterocycles. The molecular formula is C15H9Cl2N3O3. The van der Waals surface area contributed by atoms with E-state index in [9.17, 15) is 9.59 Å². The van der Waals surface area contributed by atoms with Crippen molar-refractivity contribution in [3.63, 3.8) is 0 Å². The molecule has 0 spiro atoms. The fraction of sp³-hybridized carbons (Fsp3) is 0.0667. The number of aromatic nitrogens is 1. The molecule has 116 valence electrons. The molecular weight excluding hydrogens is 341 g/mol. The number of nitrogens with zero attached hydrogens (tertiary/aromatic N) is 2. The first-order chi connectivity index (χ1) is 11.0. The van der Waals surface area contributed by atoms with E-state index < -0.39 is 18.5 Å². The molecule has 1 N–H and O–H groups in total. The zero-order chi connectivity index (χ0) is 16.8. The Kier molecular flexibility index (Phi) is 5.52. The maximum absolute atomic E-state index is 11.8. The number of rotatable bonds is 4. The molecule has 1 heterocycles. The van der Waals surface area contributed by atoms with Gasteiger partial charge in [0.05, 0.1) is 16.8 Å². The van der Waals surface area contributed by atoms with Crippen LogP contribution in [0, 0.1) is 11.3 Å². The SMILES string of the molecule is N#Cc1ccc(Cl)cc1NC(=O)COC(=O)c1ccc(Cl)nc1. The summed E-state index contributed by atoms with van der Waals surface area (Å²) in [5.41, 5.74) is 0.660. The molecule has 1 aromatic heterocycles. The summed E-state index contributed by atoms with van der Waals surface area (Å²) in [4.78, 5) is 27.3. The third-order valence-electron chi connectivity index (χ3n) is 2.67. The van der Waals surface area contributed by atoms with Crippen LogP contribution < -0.4 is 5.32 Å². The summed E-state index contributed by atoms with van der Waals surface area (Å²) in [6.07, 6.45) is 1.24. The van der Waals surface area contributed by atoms with Gasteiger partial charge in [-0.25, -0.2) is 9.78 Å². The predicted octanol–water partition coefficient (Wildman–Crippen LogP) is 3.06. The highest BCUT2D eigenvalue weighted by Gasteiger charge is 2.12. The number of amides is 1. The largest absolute Gasteiger partial charge is 0.452 e. The molecule has 0 atom stereocenters. The first-order valence-corrected chi connectivity index (χ1v) is 7.03. The van der Waals surface area contributed by atoms with E-state index in [0.717, 1.165) is 0 Å². The van der Waals surface area contributed by atoms with Gasteiger partial charge in [-0.15, -0.1) is 0 Å². The molecule has 0 aliphatic carbocycles. The van der Waals surface area contributed by atoms with E-state index in [2.05, 4.69) is 10.3 Å². The summed E-state index contributed by atoms with van der Waals surface area (Å²) >= 11 is 11.4. The minimum absolute atomic E-state index is 0.169. The number of ether oxygens (including phenoxy) is 1. The van der Waals surface area contributed by atoms with E-state index in [1.54, 1.807) is 0 Å². The summed E-state index contributed by atoms with van der Waals surface area (Å²) in [5.74, 6) is -1.31. The van der Waals surface area contributed by atoms with Gasteiger partial charge in [0.15, 0.2) is 6.61 Å². The monoisotopic (exact) mass is 349 g/mol. The highest BCUT2D eigenvalue weighted by molar-refractivity contribution is 6.31. The van der Waals surface area contributed by atoms with Gasteiger partial charge in [-0.1, -0.05) is 23.2 Å². The Morgan fingerprint density at radius 1 is 1.26 bits per heavy atom. The maximum Gasteiger partial charge on any atom is 0.340 e. The number of anilines is 1. The number of halogens is 2. The quantitative estimate of drug-likeness (QED) is 0.676. The molecule has 2 aromatic rings. The van der Waals surface area contributed by atoms with Crippen molar-refractivity contribution < 1.29 is 14.3 Å². The Bertz CT molecular complexity index is 786. The first-order valence-electron chi connectivity index (χ1n) is 6.28. The molecule has 23 heavy (non-hydrogen) atoms. The topological polar surface area (TPSA) is 92.1 Å². The Labute approximate surface area is 141 Å². The number of carbonyl (C=O) groups is 2. The average molecular weight is 350 g/mol. The Balaban J connectivity index is 1.95. The van der Waals surface area contributed by atoms with Gasteiger partial charge < -0.3 is 10.1 Å². The molecule has 0 saturated heterocycles. The highest BCUT2D eigenvalue weighted by Crippen LogP contribution is 2.20. The van der Waals surface area contributed by atoms with E-state index in [-0.39, 0.29) is 22.0 Å². The van der Waals surface area contributed by atoms with Crippen LogP contribution in [-0.4, -0.2) is 23.5 Å². The number of nitrogens with one attached hydrogen (secondary N) is 1. The molecule has 0 radical (unpaired) electrons. The van der Waals surface area contributed by atoms with Gasteiger partial charge in [-0.2, -0.15) is 5.26 Å². The minimum Gasteiger partial charge on any atom is -0.452 e. The van der Waals surface area contributed by atoms with Crippen molar-refractivity contribution in [3.05, 3.63) is 57.8 Å². The molecule has 1 amide bonds. The fourth-order valence-corrected chi connectivity index (χ4v) is 1.90. The van der Waals surface area contributed by atoms with Crippen molar-refractivity contribution in [1.82, 2.24) is 4.98 Å². The third kappa shape index (κ3) is 4.68. The molecule has 0 bridgehead atoms. The average Bonchev–Trinajstić information content (AvgIpc) is 2.53. The highest BCUT2D eigenvalue weighted by atomic mass is 35.5. The lowest BCUT2D eigenvalue weighted by molar-refractivity contribution is -0.119. The van der Waals surface area contributed by atoms with Gasteiger partial charge in [-0.3, -0.25) is 4.79 Å². The van der Waals surface area contributed by atoms with Crippen molar-refractivity contribution >= 4 is 40.8 Å². The van der Waals surface area contributed by atoms with Crippen LogP contribution in [-0.2, 0) is 9.53 Å². The van der Waals surface area contributed by atoms with Crippen LogP contribution in [0.4, 0.5) is 5.69 Å². The van der Waals surface area contributed by atoms with Gasteiger partial charge in [0, 0.05) is 11.2 Å². The molecule has 2 rings (SSSR count). The van der Waals surface area contributed by atoms with Crippen LogP contribution in [0.25, 0.3) is 0 Å². The molecule has 0 unspecified atom stereocenters. The summed E-state index contributed by atoms with van der Waals surface area (Å²) in [6, 6.07) is 9.23. The summed E-state index contributed by atoms with van der Waals surface area (Å²) in [5, 5.41) is 12.0. The standard InChI is InChI=1S/C15H9Cl2N3O3/c16-11-3-1-9(6-18)12(5-11)20-14(21)8-23-15(22)10-2-4-13(17)19-7-10/h1-5,7H,8H2,(H,20,21). The second kappa shape index (κ2) is 7.58. The van der Waals surface area contributed by atoms with Crippen LogP contribution in [0.3, 0.4) is 0 Å². The minimum atomic E-state index is -0.712. The number of carbonyl (C=O) groups excluding carboxylic acids is 2. The van der Waals surface area contributed by atoms with Crippen molar-refractivity contribution in [2.75, 3.05) is 11.9 Å². The van der Waals surface area contributed by atoms with Crippen molar-refractivity contribution in [3.8, 4) is 6.07 Å². The van der Waals surface area contributed by atoms with Crippen molar-refractivity contribution in [2.24, 2.45) is 0 Å². The second-order valence-corrected chi connectivity index (χ2v) is 5.12. The lowest BCUT2D eigenvalue weighted by atomic mass is 10.2. The van der Waals surface area contributed by atoms with E-state index >= 15 is 0 Å². The number of pyridine rings is 1. The predicted molar refractivity (Wildman–Crippen MR) is 84.3 cm³/mol. The van der Waals surface area contributed by atoms with Gasteiger partial charge in [0.1, 0.15) is 11.2 Å². The van der Waals surface area contributed by atoms with Gasteiger partial charge in [0.25, 0.3) is 5.91 Å². The number of benzene rings is 1. The van der Waals surface area contributed by atoms with Crippen LogP contribution in [0.2, 0.25) is 10.2 Å². The van der Waals surface area contributed by atoms with E-state index in [1.807, 2.05) is 6.07 Å². The van der Waals surface area contributed by atoms with Gasteiger partial charge in [-0.05, 0) is 30.3 Å². The smallest absolute Gasteiger partial charge is 0.340 e. The second-order valence-electron chi connectivity index (χ2n) is 4.30. The summed E-state index contributed by atoms with van der Waals surface area (Å²) < 4.78 is 4.86. The molecule has 0 fully saturated rings. The normalized spacial score (nSPS) is 9.78. The molecule has 6 nitrogen and oxygen atoms in total. The molecule has 1 aromatic carbocycles. The van der Waals surface area contributed by atoms with Crippen molar-refractivity contribution in [2.45, 2.75) is 0 Å². The Hall–Kier alpha value is -2.62. The van der Waals surface area contributed by atoms with Crippen LogP contribution >= 0.6 is 23.2 Å². The molecule has 8 heteroatoms. The number of esters is 1. The van der Waals surface area contributed by atoms with Gasteiger partial charge >= 0.3 is 5.97 Å². The fourth-order valence-electron chi connectivity index (χ4n) is 1.61. The lowest BCUT2D eigenvalue weighted by Crippen LogP contribution is -2.21. The number of nitriles is 1. The Morgan fingerprint density at radius 2 is 2.04 bits per heavy atom. The first kappa shape index (κ1) is 16.7. The van der Waals surface area contributed by atoms with E-state index in [4.69, 9.17) is 33.2 Å². The Morgan fingerprint density at radius 3 is 2.70 bits per heavy atom. The summed E-state index contributed by atoms with van der Waals surface area (Å²) in [7, 11) is 0. The maximum atomic E-state index is 11.8. The molecule has 0 saturated carbocycles. The zero-order valence-electron chi connectivity index (χ0n) is 11.5. The van der Waals surface area contributed by atoms with Crippen molar-refractivity contribution in [1.29, 1.82) is 5.26 Å². The third-order valence-corrected chi connectivity index (χ3v) is 3.13.